The van der Waals surface area contributed by atoms with Crippen LogP contribution in [0.5, 0.6) is 0 Å². The molecule has 0 amide bonds. The van der Waals surface area contributed by atoms with Crippen LogP contribution >= 0.6 is 0 Å². The second-order valence-electron chi connectivity index (χ2n) is 7.98. The van der Waals surface area contributed by atoms with Crippen molar-refractivity contribution < 1.29 is 26.0 Å². The molecule has 12 heteroatoms. The number of aryl methyl sites for hydroxylation is 1. The number of nitriles is 1. The summed E-state index contributed by atoms with van der Waals surface area (Å²) >= 11 is 0. The van der Waals surface area contributed by atoms with Gasteiger partial charge in [0.25, 0.3) is 0 Å². The molecule has 36 heavy (non-hydrogen) atoms. The van der Waals surface area contributed by atoms with Gasteiger partial charge in [-0.05, 0) is 55.3 Å². The van der Waals surface area contributed by atoms with E-state index in [2.05, 4.69) is 16.0 Å². The zero-order valence-corrected chi connectivity index (χ0v) is 19.8. The van der Waals surface area contributed by atoms with Crippen molar-refractivity contribution in [3.63, 3.8) is 0 Å². The molecule has 0 radical (unpaired) electrons. The summed E-state index contributed by atoms with van der Waals surface area (Å²) in [5.41, 5.74) is 2.15. The first-order chi connectivity index (χ1) is 17.0. The third-order valence-corrected chi connectivity index (χ3v) is 7.09. The van der Waals surface area contributed by atoms with Crippen LogP contribution in [0.1, 0.15) is 25.0 Å². The molecule has 0 bridgehead atoms. The number of hydrogen-bond acceptors (Lipinski definition) is 5. The van der Waals surface area contributed by atoms with Crippen molar-refractivity contribution in [1.29, 1.82) is 5.26 Å². The van der Waals surface area contributed by atoms with Gasteiger partial charge in [0.1, 0.15) is 28.5 Å². The van der Waals surface area contributed by atoms with Gasteiger partial charge in [-0.15, -0.1) is 0 Å². The smallest absolute Gasteiger partial charge is 0.291 e. The summed E-state index contributed by atoms with van der Waals surface area (Å²) in [7, 11) is -4.53. The van der Waals surface area contributed by atoms with E-state index < -0.39 is 33.0 Å². The van der Waals surface area contributed by atoms with E-state index in [9.17, 15) is 31.2 Å². The van der Waals surface area contributed by atoms with Gasteiger partial charge in [-0.1, -0.05) is 13.0 Å². The van der Waals surface area contributed by atoms with Gasteiger partial charge in [0, 0.05) is 17.8 Å². The molecule has 1 aromatic carbocycles. The summed E-state index contributed by atoms with van der Waals surface area (Å²) in [4.78, 5) is 8.13. The second kappa shape index (κ2) is 9.33. The Kier molecular flexibility index (Phi) is 6.55. The van der Waals surface area contributed by atoms with Gasteiger partial charge in [-0.3, -0.25) is 9.55 Å². The summed E-state index contributed by atoms with van der Waals surface area (Å²) in [6.07, 6.45) is -1.57. The molecule has 0 fully saturated rings. The summed E-state index contributed by atoms with van der Waals surface area (Å²) in [6, 6.07) is 9.60. The van der Waals surface area contributed by atoms with Crippen molar-refractivity contribution in [2.24, 2.45) is 0 Å². The Morgan fingerprint density at radius 1 is 1.14 bits per heavy atom. The largest absolute Gasteiger partial charge is 0.404 e. The number of sulfonamides is 1. The van der Waals surface area contributed by atoms with Crippen molar-refractivity contribution in [2.75, 3.05) is 0 Å². The lowest BCUT2D eigenvalue weighted by Gasteiger charge is -2.17. The van der Waals surface area contributed by atoms with Crippen LogP contribution in [0.15, 0.2) is 59.8 Å². The third kappa shape index (κ3) is 4.67. The fourth-order valence-electron chi connectivity index (χ4n) is 3.67. The molecule has 0 aliphatic carbocycles. The first-order valence-corrected chi connectivity index (χ1v) is 12.2. The SMILES string of the molecule is CCc1cnc2c(c1)c(C#N)c(-c1ccc(S(=O)(=O)N[C@@H](C)C(F)(F)F)cn1)n2-c1cccc(F)c1. The number of halogens is 4. The van der Waals surface area contributed by atoms with E-state index in [0.29, 0.717) is 30.1 Å². The zero-order chi connectivity index (χ0) is 26.3. The molecule has 7 nitrogen and oxygen atoms in total. The Morgan fingerprint density at radius 2 is 1.89 bits per heavy atom. The first-order valence-electron chi connectivity index (χ1n) is 10.7. The van der Waals surface area contributed by atoms with E-state index >= 15 is 0 Å². The number of fused-ring (bicyclic) bond motifs is 1. The summed E-state index contributed by atoms with van der Waals surface area (Å²) in [6.45, 7) is 2.61. The van der Waals surface area contributed by atoms with E-state index in [0.717, 1.165) is 17.8 Å². The minimum absolute atomic E-state index is 0.148. The molecule has 4 rings (SSSR count). The molecule has 3 heterocycles. The van der Waals surface area contributed by atoms with Crippen LogP contribution in [0.25, 0.3) is 28.1 Å². The van der Waals surface area contributed by atoms with Crippen LogP contribution < -0.4 is 4.72 Å². The van der Waals surface area contributed by atoms with Gasteiger partial charge in [-0.25, -0.2) is 17.8 Å². The highest BCUT2D eigenvalue weighted by Gasteiger charge is 2.39. The van der Waals surface area contributed by atoms with Crippen molar-refractivity contribution in [3.05, 3.63) is 71.8 Å². The Balaban J connectivity index is 1.90. The summed E-state index contributed by atoms with van der Waals surface area (Å²) in [5.74, 6) is -0.525. The highest BCUT2D eigenvalue weighted by molar-refractivity contribution is 7.89. The van der Waals surface area contributed by atoms with Crippen molar-refractivity contribution in [2.45, 2.75) is 37.4 Å². The Bertz CT molecular complexity index is 1590. The standard InChI is InChI=1S/C24H19F4N5O2S/c1-3-15-9-19-20(11-29)22(33(23(19)31-12-15)17-6-4-5-16(25)10-17)21-8-7-18(13-30-21)36(34,35)32-14(2)24(26,27)28/h4-10,12-14,32H,3H2,1-2H3/t14-/m0/s1. The minimum atomic E-state index is -4.77. The monoisotopic (exact) mass is 517 g/mol. The number of nitrogens with one attached hydrogen (secondary N) is 1. The molecule has 1 atom stereocenters. The van der Waals surface area contributed by atoms with Gasteiger partial charge in [0.2, 0.25) is 10.0 Å². The quantitative estimate of drug-likeness (QED) is 0.367. The van der Waals surface area contributed by atoms with Crippen LogP contribution in [0.4, 0.5) is 17.6 Å². The normalized spacial score (nSPS) is 13.0. The molecular formula is C24H19F4N5O2S. The average Bonchev–Trinajstić information content (AvgIpc) is 3.16. The van der Waals surface area contributed by atoms with Gasteiger partial charge < -0.3 is 0 Å². The maximum Gasteiger partial charge on any atom is 0.404 e. The van der Waals surface area contributed by atoms with Gasteiger partial charge >= 0.3 is 6.18 Å². The topological polar surface area (TPSA) is 101 Å². The predicted octanol–water partition coefficient (Wildman–Crippen LogP) is 4.89. The first kappa shape index (κ1) is 25.3. The Labute approximate surface area is 204 Å². The Morgan fingerprint density at radius 3 is 2.47 bits per heavy atom. The number of hydrogen-bond donors (Lipinski definition) is 1. The fourth-order valence-corrected chi connectivity index (χ4v) is 4.84. The van der Waals surface area contributed by atoms with Gasteiger partial charge in [-0.2, -0.15) is 23.2 Å². The lowest BCUT2D eigenvalue weighted by atomic mass is 10.1. The van der Waals surface area contributed by atoms with Crippen molar-refractivity contribution in [3.8, 4) is 23.1 Å². The molecule has 0 saturated carbocycles. The average molecular weight is 518 g/mol. The van der Waals surface area contributed by atoms with Crippen LogP contribution in [0, 0.1) is 17.1 Å². The van der Waals surface area contributed by atoms with Crippen LogP contribution in [-0.4, -0.2) is 35.2 Å². The fraction of sp³-hybridized carbons (Fsp3) is 0.208. The lowest BCUT2D eigenvalue weighted by molar-refractivity contribution is -0.147. The van der Waals surface area contributed by atoms with Crippen LogP contribution in [-0.2, 0) is 16.4 Å². The number of nitrogens with zero attached hydrogens (tertiary/aromatic N) is 4. The number of benzene rings is 1. The second-order valence-corrected chi connectivity index (χ2v) is 9.70. The maximum atomic E-state index is 14.1. The van der Waals surface area contributed by atoms with Crippen LogP contribution in [0.3, 0.4) is 0 Å². The molecule has 3 aromatic heterocycles. The predicted molar refractivity (Wildman–Crippen MR) is 124 cm³/mol. The van der Waals surface area contributed by atoms with Gasteiger partial charge in [0.05, 0.1) is 22.6 Å². The van der Waals surface area contributed by atoms with Crippen molar-refractivity contribution in [1.82, 2.24) is 19.3 Å². The number of rotatable bonds is 6. The van der Waals surface area contributed by atoms with E-state index in [4.69, 9.17) is 0 Å². The molecule has 0 saturated heterocycles. The highest BCUT2D eigenvalue weighted by Crippen LogP contribution is 2.35. The molecule has 0 aliphatic heterocycles. The summed E-state index contributed by atoms with van der Waals surface area (Å²) in [5, 5.41) is 10.5. The Hall–Kier alpha value is -3.82. The number of alkyl halides is 3. The number of aromatic nitrogens is 3. The summed E-state index contributed by atoms with van der Waals surface area (Å²) < 4.78 is 80.6. The molecule has 1 N–H and O–H groups in total. The molecule has 4 aromatic rings. The van der Waals surface area contributed by atoms with E-state index in [-0.39, 0.29) is 17.0 Å². The maximum absolute atomic E-state index is 14.1. The van der Waals surface area contributed by atoms with E-state index in [1.54, 1.807) is 23.1 Å². The molecule has 0 spiro atoms. The minimum Gasteiger partial charge on any atom is -0.291 e. The molecule has 186 valence electrons. The van der Waals surface area contributed by atoms with E-state index in [1.165, 1.54) is 28.8 Å². The van der Waals surface area contributed by atoms with E-state index in [1.807, 2.05) is 6.92 Å². The molecule has 0 aliphatic rings. The third-order valence-electron chi connectivity index (χ3n) is 5.56. The lowest BCUT2D eigenvalue weighted by Crippen LogP contribution is -2.42. The zero-order valence-electron chi connectivity index (χ0n) is 19.0. The molecule has 0 unspecified atom stereocenters. The molecular weight excluding hydrogens is 498 g/mol. The number of pyridine rings is 2. The van der Waals surface area contributed by atoms with Crippen molar-refractivity contribution >= 4 is 21.1 Å². The highest BCUT2D eigenvalue weighted by atomic mass is 32.2. The van der Waals surface area contributed by atoms with Crippen LogP contribution in [0.2, 0.25) is 0 Å². The van der Waals surface area contributed by atoms with Gasteiger partial charge in [0.15, 0.2) is 0 Å².